The maximum absolute atomic E-state index is 10.6. The molecular formula is C21H17N3OS. The molecule has 1 unspecified atom stereocenters. The lowest BCUT2D eigenvalue weighted by Crippen LogP contribution is -2.02. The first kappa shape index (κ1) is 17.7. The van der Waals surface area contributed by atoms with E-state index in [0.717, 1.165) is 10.5 Å². The van der Waals surface area contributed by atoms with Crippen LogP contribution in [0.3, 0.4) is 0 Å². The first-order valence-electron chi connectivity index (χ1n) is 8.00. The smallest absolute Gasteiger partial charge is 0.104 e. The fourth-order valence-electron chi connectivity index (χ4n) is 2.53. The first-order valence-corrected chi connectivity index (χ1v) is 8.82. The van der Waals surface area contributed by atoms with Gasteiger partial charge in [-0.3, -0.25) is 4.98 Å². The molecule has 2 aromatic carbocycles. The summed E-state index contributed by atoms with van der Waals surface area (Å²) in [6.45, 7) is 0. The molecule has 1 heterocycles. The van der Waals surface area contributed by atoms with Crippen molar-refractivity contribution >= 4 is 17.3 Å². The van der Waals surface area contributed by atoms with Gasteiger partial charge >= 0.3 is 0 Å². The summed E-state index contributed by atoms with van der Waals surface area (Å²) in [5.74, 6) is 0. The Morgan fingerprint density at radius 1 is 1.00 bits per heavy atom. The molecule has 26 heavy (non-hydrogen) atoms. The van der Waals surface area contributed by atoms with E-state index in [1.807, 2.05) is 48.5 Å². The van der Waals surface area contributed by atoms with Crippen molar-refractivity contribution in [2.75, 3.05) is 0 Å². The van der Waals surface area contributed by atoms with Crippen molar-refractivity contribution in [1.82, 2.24) is 4.98 Å². The molecule has 0 saturated heterocycles. The summed E-state index contributed by atoms with van der Waals surface area (Å²) in [4.78, 5) is 4.93. The zero-order valence-electron chi connectivity index (χ0n) is 13.9. The van der Waals surface area contributed by atoms with Gasteiger partial charge in [0.25, 0.3) is 0 Å². The molecule has 3 rings (SSSR count). The largest absolute Gasteiger partial charge is 0.392 e. The Hall–Kier alpha value is -3.07. The van der Waals surface area contributed by atoms with Crippen LogP contribution in [0.25, 0.3) is 5.57 Å². The maximum atomic E-state index is 10.6. The van der Waals surface area contributed by atoms with Gasteiger partial charge in [0, 0.05) is 17.3 Å². The van der Waals surface area contributed by atoms with E-state index in [4.69, 9.17) is 5.73 Å². The predicted molar refractivity (Wildman–Crippen MR) is 104 cm³/mol. The van der Waals surface area contributed by atoms with Crippen LogP contribution in [-0.2, 0) is 0 Å². The fraction of sp³-hybridized carbons (Fsp3) is 0.0476. The first-order chi connectivity index (χ1) is 12.7. The molecular weight excluding hydrogens is 342 g/mol. The summed E-state index contributed by atoms with van der Waals surface area (Å²) in [5, 5.41) is 20.6. The predicted octanol–water partition coefficient (Wildman–Crippen LogP) is 4.11. The molecule has 3 N–H and O–H groups in total. The van der Waals surface area contributed by atoms with Gasteiger partial charge in [-0.05, 0) is 47.0 Å². The van der Waals surface area contributed by atoms with Gasteiger partial charge in [-0.25, -0.2) is 0 Å². The van der Waals surface area contributed by atoms with Gasteiger partial charge in [0.05, 0.1) is 10.6 Å². The molecule has 0 bridgehead atoms. The number of aliphatic hydroxyl groups excluding tert-OH is 1. The molecule has 1 atom stereocenters. The summed E-state index contributed by atoms with van der Waals surface area (Å²) in [7, 11) is 0. The zero-order valence-corrected chi connectivity index (χ0v) is 14.7. The number of benzene rings is 2. The van der Waals surface area contributed by atoms with Crippen molar-refractivity contribution in [3.63, 3.8) is 0 Å². The van der Waals surface area contributed by atoms with Crippen LogP contribution >= 0.6 is 11.8 Å². The summed E-state index contributed by atoms with van der Waals surface area (Å²) in [5.41, 5.74) is 8.69. The maximum Gasteiger partial charge on any atom is 0.104 e. The molecule has 5 heteroatoms. The van der Waals surface area contributed by atoms with Gasteiger partial charge < -0.3 is 10.8 Å². The number of aromatic nitrogens is 1. The van der Waals surface area contributed by atoms with Crippen LogP contribution in [0.4, 0.5) is 0 Å². The molecule has 0 spiro atoms. The average molecular weight is 359 g/mol. The van der Waals surface area contributed by atoms with Crippen LogP contribution < -0.4 is 5.73 Å². The molecule has 0 radical (unpaired) electrons. The second-order valence-corrected chi connectivity index (χ2v) is 6.69. The van der Waals surface area contributed by atoms with Gasteiger partial charge in [0.1, 0.15) is 12.2 Å². The van der Waals surface area contributed by atoms with E-state index in [0.29, 0.717) is 21.7 Å². The third-order valence-electron chi connectivity index (χ3n) is 3.84. The third-order valence-corrected chi connectivity index (χ3v) is 4.77. The Bertz CT molecular complexity index is 950. The number of hydrogen-bond acceptors (Lipinski definition) is 5. The van der Waals surface area contributed by atoms with Crippen molar-refractivity contribution in [3.8, 4) is 6.07 Å². The van der Waals surface area contributed by atoms with E-state index in [1.54, 1.807) is 30.6 Å². The number of hydrogen-bond donors (Lipinski definition) is 2. The Labute approximate surface area is 156 Å². The summed E-state index contributed by atoms with van der Waals surface area (Å²) < 4.78 is 0. The van der Waals surface area contributed by atoms with Gasteiger partial charge in [-0.2, -0.15) is 5.26 Å². The van der Waals surface area contributed by atoms with Crippen molar-refractivity contribution in [3.05, 3.63) is 101 Å². The molecule has 0 saturated carbocycles. The monoisotopic (exact) mass is 359 g/mol. The van der Waals surface area contributed by atoms with E-state index in [-0.39, 0.29) is 0 Å². The van der Waals surface area contributed by atoms with E-state index in [2.05, 4.69) is 11.1 Å². The molecule has 1 aromatic heterocycles. The minimum atomic E-state index is -0.791. The molecule has 3 aromatic rings. The lowest BCUT2D eigenvalue weighted by atomic mass is 9.98. The highest BCUT2D eigenvalue weighted by Gasteiger charge is 2.13. The number of pyridine rings is 1. The number of nitrogens with two attached hydrogens (primary N) is 1. The van der Waals surface area contributed by atoms with Crippen molar-refractivity contribution < 1.29 is 5.11 Å². The number of thioether (sulfide) groups is 1. The number of aliphatic hydroxyl groups is 1. The van der Waals surface area contributed by atoms with Crippen LogP contribution in [0.1, 0.15) is 22.8 Å². The Morgan fingerprint density at radius 3 is 2.42 bits per heavy atom. The highest BCUT2D eigenvalue weighted by molar-refractivity contribution is 8.03. The van der Waals surface area contributed by atoms with E-state index in [1.165, 1.54) is 11.8 Å². The molecule has 0 aliphatic carbocycles. The molecule has 128 valence electrons. The van der Waals surface area contributed by atoms with Crippen molar-refractivity contribution in [2.24, 2.45) is 5.73 Å². The number of allylic oxidation sites excluding steroid dienone is 1. The van der Waals surface area contributed by atoms with E-state index >= 15 is 0 Å². The van der Waals surface area contributed by atoms with E-state index < -0.39 is 6.10 Å². The molecule has 0 fully saturated rings. The summed E-state index contributed by atoms with van der Waals surface area (Å²) >= 11 is 1.35. The normalized spacial score (nSPS) is 12.8. The van der Waals surface area contributed by atoms with Gasteiger partial charge in [0.15, 0.2) is 0 Å². The van der Waals surface area contributed by atoms with Crippen molar-refractivity contribution in [1.29, 1.82) is 5.26 Å². The standard InChI is InChI=1S/C21H17N3OS/c22-14-19(21(23)26-18-7-2-1-3-8-18)16-5-4-6-17(13-16)20(25)15-9-11-24-12-10-15/h1-13,20,25H,23H2/b21-19+. The number of nitrogens with zero attached hydrogens (tertiary/aromatic N) is 2. The second kappa shape index (κ2) is 8.34. The van der Waals surface area contributed by atoms with Crippen LogP contribution in [-0.4, -0.2) is 10.1 Å². The molecule has 4 nitrogen and oxygen atoms in total. The van der Waals surface area contributed by atoms with Gasteiger partial charge in [-0.1, -0.05) is 48.2 Å². The van der Waals surface area contributed by atoms with Crippen molar-refractivity contribution in [2.45, 2.75) is 11.0 Å². The number of rotatable bonds is 5. The Kier molecular flexibility index (Phi) is 5.69. The lowest BCUT2D eigenvalue weighted by Gasteiger charge is -2.13. The third kappa shape index (κ3) is 4.12. The minimum absolute atomic E-state index is 0.391. The topological polar surface area (TPSA) is 82.9 Å². The summed E-state index contributed by atoms with van der Waals surface area (Å²) in [6, 6.07) is 22.6. The Balaban J connectivity index is 1.92. The highest BCUT2D eigenvalue weighted by Crippen LogP contribution is 2.30. The summed E-state index contributed by atoms with van der Waals surface area (Å²) in [6.07, 6.45) is 2.48. The van der Waals surface area contributed by atoms with Gasteiger partial charge in [0.2, 0.25) is 0 Å². The molecule has 0 amide bonds. The van der Waals surface area contributed by atoms with Crippen LogP contribution in [0.5, 0.6) is 0 Å². The SMILES string of the molecule is N#C/C(=C(/N)Sc1ccccc1)c1cccc(C(O)c2ccncc2)c1. The quantitative estimate of drug-likeness (QED) is 0.529. The second-order valence-electron chi connectivity index (χ2n) is 5.57. The highest BCUT2D eigenvalue weighted by atomic mass is 32.2. The van der Waals surface area contributed by atoms with Crippen LogP contribution in [0.2, 0.25) is 0 Å². The number of nitriles is 1. The Morgan fingerprint density at radius 2 is 1.73 bits per heavy atom. The average Bonchev–Trinajstić information content (AvgIpc) is 2.69. The van der Waals surface area contributed by atoms with Crippen LogP contribution in [0.15, 0.2) is 89.0 Å². The zero-order chi connectivity index (χ0) is 18.4. The minimum Gasteiger partial charge on any atom is -0.392 e. The molecule has 0 aliphatic rings. The van der Waals surface area contributed by atoms with E-state index in [9.17, 15) is 10.4 Å². The fourth-order valence-corrected chi connectivity index (χ4v) is 3.34. The van der Waals surface area contributed by atoms with Gasteiger partial charge in [-0.15, -0.1) is 0 Å². The lowest BCUT2D eigenvalue weighted by molar-refractivity contribution is 0.220. The molecule has 0 aliphatic heterocycles. The van der Waals surface area contributed by atoms with Crippen LogP contribution in [0, 0.1) is 11.3 Å².